The van der Waals surface area contributed by atoms with Gasteiger partial charge >= 0.3 is 0 Å². The molecule has 0 unspecified atom stereocenters. The minimum absolute atomic E-state index is 0.300. The lowest BCUT2D eigenvalue weighted by molar-refractivity contribution is 0.464. The van der Waals surface area contributed by atoms with Crippen LogP contribution in [0.15, 0.2) is 48.8 Å². The molecule has 1 aromatic heterocycles. The number of rotatable bonds is 7. The molecule has 1 heterocycles. The van der Waals surface area contributed by atoms with Gasteiger partial charge in [-0.25, -0.2) is 4.98 Å². The molecule has 0 spiro atoms. The molecular formula is C21H23ClN4O. The first-order chi connectivity index (χ1) is 13.1. The lowest BCUT2D eigenvalue weighted by atomic mass is 10.1. The average Bonchev–Trinajstić information content (AvgIpc) is 2.67. The van der Waals surface area contributed by atoms with E-state index in [1.807, 2.05) is 25.1 Å². The molecule has 0 atom stereocenters. The third-order valence-electron chi connectivity index (χ3n) is 4.23. The van der Waals surface area contributed by atoms with Crippen molar-refractivity contribution in [2.45, 2.75) is 33.1 Å². The number of ether oxygens (including phenoxy) is 1. The minimum Gasteiger partial charge on any atom is -0.437 e. The summed E-state index contributed by atoms with van der Waals surface area (Å²) in [6, 6.07) is 13.7. The molecule has 0 saturated carbocycles. The zero-order valence-corrected chi connectivity index (χ0v) is 16.3. The van der Waals surface area contributed by atoms with Crippen molar-refractivity contribution in [3.05, 3.63) is 64.9 Å². The normalized spacial score (nSPS) is 10.6. The van der Waals surface area contributed by atoms with E-state index in [2.05, 4.69) is 34.3 Å². The first-order valence-corrected chi connectivity index (χ1v) is 9.35. The van der Waals surface area contributed by atoms with Crippen molar-refractivity contribution in [3.8, 4) is 11.6 Å². The Balaban J connectivity index is 1.75. The molecule has 0 aliphatic rings. The molecule has 0 fully saturated rings. The maximum absolute atomic E-state index is 6.20. The molecule has 0 saturated heterocycles. The number of halogens is 1. The summed E-state index contributed by atoms with van der Waals surface area (Å²) in [5, 5.41) is 3.91. The van der Waals surface area contributed by atoms with Crippen molar-refractivity contribution in [3.63, 3.8) is 0 Å². The standard InChI is InChI=1S/C21H23ClN4O/c1-3-4-5-15-6-8-16(9-7-15)26-20-19(23)21(25-13-24-20)27-17-10-11-18(22)14(2)12-17/h6-13H,3-5,23H2,1-2H3,(H,24,25,26). The van der Waals surface area contributed by atoms with E-state index >= 15 is 0 Å². The summed E-state index contributed by atoms with van der Waals surface area (Å²) in [5.74, 6) is 1.43. The smallest absolute Gasteiger partial charge is 0.248 e. The highest BCUT2D eigenvalue weighted by molar-refractivity contribution is 6.31. The lowest BCUT2D eigenvalue weighted by Crippen LogP contribution is -2.03. The summed E-state index contributed by atoms with van der Waals surface area (Å²) in [7, 11) is 0. The number of nitrogens with zero attached hydrogens (tertiary/aromatic N) is 2. The van der Waals surface area contributed by atoms with Crippen LogP contribution in [0.3, 0.4) is 0 Å². The van der Waals surface area contributed by atoms with Gasteiger partial charge in [-0.1, -0.05) is 37.1 Å². The SMILES string of the molecule is CCCCc1ccc(Nc2ncnc(Oc3ccc(Cl)c(C)c3)c2N)cc1. The molecule has 140 valence electrons. The van der Waals surface area contributed by atoms with Crippen molar-refractivity contribution in [2.75, 3.05) is 11.1 Å². The van der Waals surface area contributed by atoms with Gasteiger partial charge in [0.1, 0.15) is 17.8 Å². The summed E-state index contributed by atoms with van der Waals surface area (Å²) < 4.78 is 5.81. The molecule has 3 aromatic rings. The highest BCUT2D eigenvalue weighted by atomic mass is 35.5. The van der Waals surface area contributed by atoms with Gasteiger partial charge in [0.2, 0.25) is 5.88 Å². The Morgan fingerprint density at radius 2 is 1.89 bits per heavy atom. The van der Waals surface area contributed by atoms with Crippen LogP contribution < -0.4 is 15.8 Å². The summed E-state index contributed by atoms with van der Waals surface area (Å²) in [5.41, 5.74) is 9.70. The third-order valence-corrected chi connectivity index (χ3v) is 4.65. The van der Waals surface area contributed by atoms with Gasteiger partial charge in [-0.05, 0) is 61.2 Å². The minimum atomic E-state index is 0.300. The lowest BCUT2D eigenvalue weighted by Gasteiger charge is -2.12. The van der Waals surface area contributed by atoms with Crippen LogP contribution in [0.2, 0.25) is 5.02 Å². The van der Waals surface area contributed by atoms with Gasteiger partial charge < -0.3 is 15.8 Å². The maximum atomic E-state index is 6.20. The highest BCUT2D eigenvalue weighted by Gasteiger charge is 2.11. The number of hydrogen-bond donors (Lipinski definition) is 2. The van der Waals surface area contributed by atoms with Crippen LogP contribution in [0.5, 0.6) is 11.6 Å². The van der Waals surface area contributed by atoms with Gasteiger partial charge in [0.05, 0.1) is 0 Å². The first kappa shape index (κ1) is 19.0. The van der Waals surface area contributed by atoms with E-state index in [-0.39, 0.29) is 0 Å². The Hall–Kier alpha value is -2.79. The van der Waals surface area contributed by atoms with E-state index in [4.69, 9.17) is 22.1 Å². The Morgan fingerprint density at radius 1 is 1.11 bits per heavy atom. The quantitative estimate of drug-likeness (QED) is 0.532. The van der Waals surface area contributed by atoms with Crippen molar-refractivity contribution in [2.24, 2.45) is 0 Å². The Morgan fingerprint density at radius 3 is 2.59 bits per heavy atom. The van der Waals surface area contributed by atoms with Crippen LogP contribution in [0.1, 0.15) is 30.9 Å². The molecule has 3 N–H and O–H groups in total. The number of nitrogens with two attached hydrogens (primary N) is 1. The van der Waals surface area contributed by atoms with Crippen molar-refractivity contribution < 1.29 is 4.74 Å². The molecule has 27 heavy (non-hydrogen) atoms. The fourth-order valence-electron chi connectivity index (χ4n) is 2.63. The molecule has 0 bridgehead atoms. The molecule has 6 heteroatoms. The second-order valence-corrected chi connectivity index (χ2v) is 6.79. The molecular weight excluding hydrogens is 360 g/mol. The van der Waals surface area contributed by atoms with Crippen molar-refractivity contribution in [1.82, 2.24) is 9.97 Å². The Kier molecular flexibility index (Phi) is 6.14. The van der Waals surface area contributed by atoms with Crippen LogP contribution in [-0.2, 0) is 6.42 Å². The third kappa shape index (κ3) is 4.89. The number of unbranched alkanes of at least 4 members (excludes halogenated alkanes) is 1. The van der Waals surface area contributed by atoms with Crippen LogP contribution in [0.4, 0.5) is 17.2 Å². The fraction of sp³-hybridized carbons (Fsp3) is 0.238. The van der Waals surface area contributed by atoms with E-state index in [0.29, 0.717) is 28.2 Å². The average molecular weight is 383 g/mol. The largest absolute Gasteiger partial charge is 0.437 e. The monoisotopic (exact) mass is 382 g/mol. The van der Waals surface area contributed by atoms with Gasteiger partial charge in [0.15, 0.2) is 5.82 Å². The molecule has 0 aliphatic heterocycles. The summed E-state index contributed by atoms with van der Waals surface area (Å²) in [6.45, 7) is 4.11. The summed E-state index contributed by atoms with van der Waals surface area (Å²) in [6.07, 6.45) is 4.89. The molecule has 3 rings (SSSR count). The van der Waals surface area contributed by atoms with Crippen molar-refractivity contribution >= 4 is 28.8 Å². The van der Waals surface area contributed by atoms with Gasteiger partial charge in [0, 0.05) is 10.7 Å². The second kappa shape index (κ2) is 8.73. The van der Waals surface area contributed by atoms with E-state index in [1.165, 1.54) is 24.7 Å². The molecule has 2 aromatic carbocycles. The van der Waals surface area contributed by atoms with Gasteiger partial charge in [-0.3, -0.25) is 0 Å². The molecule has 0 aliphatic carbocycles. The maximum Gasteiger partial charge on any atom is 0.248 e. The van der Waals surface area contributed by atoms with Crippen LogP contribution >= 0.6 is 11.6 Å². The summed E-state index contributed by atoms with van der Waals surface area (Å²) in [4.78, 5) is 8.38. The molecule has 0 amide bonds. The molecule has 0 radical (unpaired) electrons. The van der Waals surface area contributed by atoms with E-state index in [9.17, 15) is 0 Å². The zero-order valence-electron chi connectivity index (χ0n) is 15.5. The zero-order chi connectivity index (χ0) is 19.2. The topological polar surface area (TPSA) is 73.1 Å². The number of aromatic nitrogens is 2. The number of hydrogen-bond acceptors (Lipinski definition) is 5. The number of benzene rings is 2. The second-order valence-electron chi connectivity index (χ2n) is 6.38. The fourth-order valence-corrected chi connectivity index (χ4v) is 2.74. The van der Waals surface area contributed by atoms with Crippen molar-refractivity contribution in [1.29, 1.82) is 0 Å². The first-order valence-electron chi connectivity index (χ1n) is 8.97. The number of anilines is 3. The van der Waals surface area contributed by atoms with Crippen LogP contribution in [0.25, 0.3) is 0 Å². The molecule has 5 nitrogen and oxygen atoms in total. The number of nitrogen functional groups attached to an aromatic ring is 1. The van der Waals surface area contributed by atoms with Crippen LogP contribution in [-0.4, -0.2) is 9.97 Å². The van der Waals surface area contributed by atoms with Crippen LogP contribution in [0, 0.1) is 6.92 Å². The summed E-state index contributed by atoms with van der Waals surface area (Å²) >= 11 is 6.05. The van der Waals surface area contributed by atoms with E-state index in [0.717, 1.165) is 17.7 Å². The van der Waals surface area contributed by atoms with E-state index in [1.54, 1.807) is 12.1 Å². The highest BCUT2D eigenvalue weighted by Crippen LogP contribution is 2.32. The van der Waals surface area contributed by atoms with Gasteiger partial charge in [0.25, 0.3) is 0 Å². The Labute approximate surface area is 164 Å². The Bertz CT molecular complexity index is 913. The predicted octanol–water partition coefficient (Wildman–Crippen LogP) is 5.90. The van der Waals surface area contributed by atoms with Gasteiger partial charge in [-0.2, -0.15) is 4.98 Å². The number of nitrogens with one attached hydrogen (secondary N) is 1. The predicted molar refractivity (Wildman–Crippen MR) is 111 cm³/mol. The van der Waals surface area contributed by atoms with Gasteiger partial charge in [-0.15, -0.1) is 0 Å². The van der Waals surface area contributed by atoms with E-state index < -0.39 is 0 Å². The number of aryl methyl sites for hydroxylation is 2.